The molecule has 16 aromatic rings. The molecular weight excluding hydrogens is 1180 g/mol. The van der Waals surface area contributed by atoms with Gasteiger partial charge in [0.25, 0.3) is 6.71 Å². The van der Waals surface area contributed by atoms with Gasteiger partial charge in [0.1, 0.15) is 22.3 Å². The van der Waals surface area contributed by atoms with E-state index in [4.69, 9.17) is 8.83 Å². The number of benzene rings is 14. The summed E-state index contributed by atoms with van der Waals surface area (Å²) in [6.07, 6.45) is 0. The Morgan fingerprint density at radius 1 is 0.258 bits per heavy atom. The van der Waals surface area contributed by atoms with Crippen molar-refractivity contribution in [3.63, 3.8) is 0 Å². The average molecular weight is 1250 g/mol. The summed E-state index contributed by atoms with van der Waals surface area (Å²) in [7, 11) is 0. The number of hydrogen-bond acceptors (Lipinski definition) is 4. The standard InChI is InChI=1S/C92H69BN2O2/c1-91(2,3)66-50-46-63(47-51-66)74-56-78-85(89-82(74)72-38-22-24-44-80(72)96-89)93-84-76(94(78)87-68(59-30-14-8-15-31-59)40-26-41-69(87)60-32-16-9-17-33-60)54-65(58-28-12-7-13-29-58)55-77(84)95(88-70(61-34-18-10-19-35-61)42-27-43-71(88)62-36-20-11-21-37-62)79-57-75(64-48-52-67(53-49-64)92(4,5)6)83-73-39-23-25-45-81(73)97-90(83)86(79)93/h7-57H,1-6H3. The van der Waals surface area contributed by atoms with E-state index in [-0.39, 0.29) is 10.8 Å². The number of fused-ring (bicyclic) bond motifs is 12. The molecule has 0 bridgehead atoms. The zero-order chi connectivity index (χ0) is 65.3. The van der Waals surface area contributed by atoms with Crippen LogP contribution in [0.5, 0.6) is 0 Å². The summed E-state index contributed by atoms with van der Waals surface area (Å²) in [5.41, 5.74) is 30.7. The molecule has 2 aliphatic rings. The second kappa shape index (κ2) is 22.5. The van der Waals surface area contributed by atoms with E-state index >= 15 is 0 Å². The maximum Gasteiger partial charge on any atom is 0.261 e. The summed E-state index contributed by atoms with van der Waals surface area (Å²) in [4.78, 5) is 5.29. The van der Waals surface area contributed by atoms with Crippen LogP contribution >= 0.6 is 0 Å². The van der Waals surface area contributed by atoms with Gasteiger partial charge in [-0.1, -0.05) is 315 Å². The van der Waals surface area contributed by atoms with E-state index in [1.165, 1.54) is 11.1 Å². The minimum absolute atomic E-state index is 0.0564. The van der Waals surface area contributed by atoms with E-state index < -0.39 is 6.71 Å². The van der Waals surface area contributed by atoms with Crippen LogP contribution in [0.25, 0.3) is 122 Å². The van der Waals surface area contributed by atoms with Gasteiger partial charge >= 0.3 is 0 Å². The van der Waals surface area contributed by atoms with E-state index in [0.29, 0.717) is 0 Å². The van der Waals surface area contributed by atoms with Gasteiger partial charge in [-0.2, -0.15) is 0 Å². The number of para-hydroxylation sites is 4. The fourth-order valence-electron chi connectivity index (χ4n) is 15.7. The minimum Gasteiger partial charge on any atom is -0.456 e. The van der Waals surface area contributed by atoms with Crippen molar-refractivity contribution < 1.29 is 8.83 Å². The minimum atomic E-state index is -0.485. The van der Waals surface area contributed by atoms with Crippen molar-refractivity contribution in [2.75, 3.05) is 9.80 Å². The van der Waals surface area contributed by atoms with Crippen LogP contribution in [0.15, 0.2) is 318 Å². The van der Waals surface area contributed by atoms with Crippen LogP contribution in [0, 0.1) is 0 Å². The largest absolute Gasteiger partial charge is 0.456 e. The number of hydrogen-bond donors (Lipinski definition) is 0. The van der Waals surface area contributed by atoms with Gasteiger partial charge in [-0.3, -0.25) is 0 Å². The molecule has 5 heteroatoms. The van der Waals surface area contributed by atoms with Crippen molar-refractivity contribution in [2.45, 2.75) is 52.4 Å². The van der Waals surface area contributed by atoms with Crippen molar-refractivity contribution in [1.82, 2.24) is 0 Å². The predicted octanol–water partition coefficient (Wildman–Crippen LogP) is 23.8. The van der Waals surface area contributed by atoms with Crippen molar-refractivity contribution in [3.05, 3.63) is 321 Å². The first kappa shape index (κ1) is 58.0. The van der Waals surface area contributed by atoms with Crippen molar-refractivity contribution in [1.29, 1.82) is 0 Å². The fraction of sp³-hybridized carbons (Fsp3) is 0.0870. The SMILES string of the molecule is CC(C)(C)c1ccc(-c2cc3c(c4oc5ccccc5c24)B2c4c(cc(-c5ccccc5)cc4N(c4c(-c5ccccc5)cccc4-c4ccccc4)c4cc(-c5ccc(C(C)(C)C)cc5)c5c(oc6ccccc65)c42)N3c2c(-c3ccccc3)cccc2-c2ccccc2)cc1. The summed E-state index contributed by atoms with van der Waals surface area (Å²) < 4.78 is 15.6. The molecule has 462 valence electrons. The maximum absolute atomic E-state index is 7.82. The van der Waals surface area contributed by atoms with Gasteiger partial charge in [-0.05, 0) is 130 Å². The zero-order valence-electron chi connectivity index (χ0n) is 55.2. The van der Waals surface area contributed by atoms with Gasteiger partial charge in [0, 0.05) is 66.5 Å². The van der Waals surface area contributed by atoms with Crippen molar-refractivity contribution in [2.24, 2.45) is 0 Å². The summed E-state index contributed by atoms with van der Waals surface area (Å²) >= 11 is 0. The quantitative estimate of drug-likeness (QED) is 0.135. The molecule has 18 rings (SSSR count). The van der Waals surface area contributed by atoms with Gasteiger partial charge in [0.2, 0.25) is 0 Å². The lowest BCUT2D eigenvalue weighted by atomic mass is 9.33. The number of nitrogens with zero attached hydrogens (tertiary/aromatic N) is 2. The third kappa shape index (κ3) is 9.42. The first-order valence-corrected chi connectivity index (χ1v) is 33.9. The van der Waals surface area contributed by atoms with E-state index in [1.54, 1.807) is 0 Å². The van der Waals surface area contributed by atoms with E-state index in [0.717, 1.165) is 172 Å². The molecule has 0 fully saturated rings. The molecule has 0 amide bonds. The van der Waals surface area contributed by atoms with Crippen LogP contribution in [-0.2, 0) is 10.8 Å². The molecule has 0 spiro atoms. The average Bonchev–Trinajstić information content (AvgIpc) is 1.64. The third-order valence-electron chi connectivity index (χ3n) is 20.4. The molecule has 0 aliphatic carbocycles. The van der Waals surface area contributed by atoms with Gasteiger partial charge < -0.3 is 18.6 Å². The first-order valence-electron chi connectivity index (χ1n) is 33.9. The predicted molar refractivity (Wildman–Crippen MR) is 410 cm³/mol. The lowest BCUT2D eigenvalue weighted by Crippen LogP contribution is -2.62. The summed E-state index contributed by atoms with van der Waals surface area (Å²) in [5, 5.41) is 4.27. The molecule has 0 saturated carbocycles. The lowest BCUT2D eigenvalue weighted by Gasteiger charge is -2.46. The summed E-state index contributed by atoms with van der Waals surface area (Å²) in [5.74, 6) is 0. The number of anilines is 6. The van der Waals surface area contributed by atoms with E-state index in [9.17, 15) is 0 Å². The Labute approximate surface area is 567 Å². The van der Waals surface area contributed by atoms with Gasteiger partial charge in [0.05, 0.1) is 11.4 Å². The lowest BCUT2D eigenvalue weighted by molar-refractivity contribution is 0.590. The second-order valence-electron chi connectivity index (χ2n) is 28.2. The molecule has 2 aromatic heterocycles. The molecule has 0 unspecified atom stereocenters. The van der Waals surface area contributed by atoms with Crippen LogP contribution < -0.4 is 26.2 Å². The fourth-order valence-corrected chi connectivity index (χ4v) is 15.7. The highest BCUT2D eigenvalue weighted by Gasteiger charge is 2.49. The second-order valence-corrected chi connectivity index (χ2v) is 28.2. The monoisotopic (exact) mass is 1240 g/mol. The molecule has 0 radical (unpaired) electrons. The van der Waals surface area contributed by atoms with Crippen molar-refractivity contribution in [3.8, 4) is 77.9 Å². The van der Waals surface area contributed by atoms with E-state index in [1.807, 2.05) is 0 Å². The first-order chi connectivity index (χ1) is 47.4. The molecule has 4 nitrogen and oxygen atoms in total. The molecule has 0 saturated heterocycles. The van der Waals surface area contributed by atoms with Gasteiger partial charge in [-0.15, -0.1) is 0 Å². The highest BCUT2D eigenvalue weighted by atomic mass is 16.3. The Morgan fingerprint density at radius 3 is 0.897 bits per heavy atom. The zero-order valence-corrected chi connectivity index (χ0v) is 55.2. The molecule has 4 heterocycles. The number of furan rings is 2. The van der Waals surface area contributed by atoms with Crippen LogP contribution in [0.1, 0.15) is 52.7 Å². The molecule has 2 aliphatic heterocycles. The molecule has 97 heavy (non-hydrogen) atoms. The van der Waals surface area contributed by atoms with Crippen LogP contribution in [0.3, 0.4) is 0 Å². The smallest absolute Gasteiger partial charge is 0.261 e. The molecular formula is C92H69BN2O2. The van der Waals surface area contributed by atoms with Gasteiger partial charge in [-0.25, -0.2) is 0 Å². The maximum atomic E-state index is 7.82. The highest BCUT2D eigenvalue weighted by Crippen LogP contribution is 2.57. The summed E-state index contributed by atoms with van der Waals surface area (Å²) in [6, 6.07) is 115. The van der Waals surface area contributed by atoms with Crippen molar-refractivity contribution >= 4 is 101 Å². The Bertz CT molecular complexity index is 5300. The Hall–Kier alpha value is -11.7. The van der Waals surface area contributed by atoms with Gasteiger partial charge in [0.15, 0.2) is 0 Å². The number of rotatable bonds is 9. The molecule has 0 atom stereocenters. The topological polar surface area (TPSA) is 32.8 Å². The van der Waals surface area contributed by atoms with Crippen LogP contribution in [0.4, 0.5) is 34.1 Å². The Balaban J connectivity index is 1.09. The van der Waals surface area contributed by atoms with Crippen LogP contribution in [0.2, 0.25) is 0 Å². The Morgan fingerprint density at radius 2 is 0.557 bits per heavy atom. The van der Waals surface area contributed by atoms with E-state index in [2.05, 4.69) is 361 Å². The highest BCUT2D eigenvalue weighted by molar-refractivity contribution is 7.03. The normalized spacial score (nSPS) is 12.8. The Kier molecular flexibility index (Phi) is 13.4. The van der Waals surface area contributed by atoms with Crippen LogP contribution in [-0.4, -0.2) is 6.71 Å². The third-order valence-corrected chi connectivity index (χ3v) is 20.4. The molecule has 14 aromatic carbocycles. The summed E-state index contributed by atoms with van der Waals surface area (Å²) in [6.45, 7) is 13.3. The molecule has 0 N–H and O–H groups in total.